The van der Waals surface area contributed by atoms with Crippen molar-refractivity contribution in [3.05, 3.63) is 64.3 Å². The Hall–Kier alpha value is -3.70. The van der Waals surface area contributed by atoms with Gasteiger partial charge in [0, 0.05) is 61.6 Å². The standard InChI is InChI=1S/C27H31N7O/c1-17-10-23-11-21(6-7-22(23)13-29-17)20(4)33-14-19(3)34(15-18(33)2)24-12-26(35)31(5)25-16-32(9-8-28)30-27(24)25/h6-7,10-13,16,18-20H,9,14-15H2,1-5H3/t18-,19+,20?/m1/s1. The highest BCUT2D eigenvalue weighted by Gasteiger charge is 2.34. The van der Waals surface area contributed by atoms with Crippen LogP contribution in [0.2, 0.25) is 0 Å². The molecule has 0 spiro atoms. The second-order valence-electron chi connectivity index (χ2n) is 9.80. The van der Waals surface area contributed by atoms with E-state index in [-0.39, 0.29) is 30.2 Å². The van der Waals surface area contributed by atoms with E-state index in [1.807, 2.05) is 13.1 Å². The average molecular weight is 470 g/mol. The van der Waals surface area contributed by atoms with Gasteiger partial charge in [-0.05, 0) is 50.8 Å². The molecule has 0 radical (unpaired) electrons. The Kier molecular flexibility index (Phi) is 5.81. The smallest absolute Gasteiger partial charge is 0.252 e. The minimum absolute atomic E-state index is 0.0689. The van der Waals surface area contributed by atoms with E-state index in [1.54, 1.807) is 28.6 Å². The largest absolute Gasteiger partial charge is 0.364 e. The molecule has 1 unspecified atom stereocenters. The van der Waals surface area contributed by atoms with Crippen molar-refractivity contribution >= 4 is 27.5 Å². The minimum Gasteiger partial charge on any atom is -0.364 e. The van der Waals surface area contributed by atoms with Crippen molar-refractivity contribution in [3.8, 4) is 6.07 Å². The summed E-state index contributed by atoms with van der Waals surface area (Å²) in [6, 6.07) is 13.3. The first-order chi connectivity index (χ1) is 16.8. The van der Waals surface area contributed by atoms with E-state index in [1.165, 1.54) is 10.9 Å². The number of benzene rings is 1. The number of pyridine rings is 2. The van der Waals surface area contributed by atoms with E-state index < -0.39 is 0 Å². The first-order valence-electron chi connectivity index (χ1n) is 12.1. The van der Waals surface area contributed by atoms with Crippen LogP contribution < -0.4 is 10.5 Å². The highest BCUT2D eigenvalue weighted by atomic mass is 16.1. The van der Waals surface area contributed by atoms with E-state index in [9.17, 15) is 4.79 Å². The highest BCUT2D eigenvalue weighted by molar-refractivity contribution is 5.88. The summed E-state index contributed by atoms with van der Waals surface area (Å²) in [6.07, 6.45) is 3.72. The minimum atomic E-state index is -0.0689. The molecule has 4 aromatic rings. The molecule has 4 heterocycles. The Balaban J connectivity index is 1.45. The van der Waals surface area contributed by atoms with Crippen molar-refractivity contribution in [2.45, 2.75) is 52.4 Å². The Morgan fingerprint density at radius 3 is 2.71 bits per heavy atom. The number of piperazine rings is 1. The molecule has 0 bridgehead atoms. The molecule has 1 saturated heterocycles. The van der Waals surface area contributed by atoms with Crippen LogP contribution in [0.4, 0.5) is 5.69 Å². The molecular formula is C27H31N7O. The van der Waals surface area contributed by atoms with Crippen LogP contribution >= 0.6 is 0 Å². The highest BCUT2D eigenvalue weighted by Crippen LogP contribution is 2.33. The molecule has 5 rings (SSSR count). The molecule has 3 atom stereocenters. The molecule has 8 nitrogen and oxygen atoms in total. The number of anilines is 1. The lowest BCUT2D eigenvalue weighted by molar-refractivity contribution is 0.119. The van der Waals surface area contributed by atoms with Crippen LogP contribution in [0.5, 0.6) is 0 Å². The van der Waals surface area contributed by atoms with Gasteiger partial charge < -0.3 is 9.47 Å². The molecule has 0 saturated carbocycles. The van der Waals surface area contributed by atoms with Gasteiger partial charge in [0.25, 0.3) is 5.56 Å². The number of fused-ring (bicyclic) bond motifs is 2. The summed E-state index contributed by atoms with van der Waals surface area (Å²) in [7, 11) is 1.75. The molecular weight excluding hydrogens is 438 g/mol. The van der Waals surface area contributed by atoms with Crippen LogP contribution in [0.25, 0.3) is 21.8 Å². The van der Waals surface area contributed by atoms with Gasteiger partial charge in [0.2, 0.25) is 0 Å². The number of nitrogens with zero attached hydrogens (tertiary/aromatic N) is 7. The fraction of sp³-hybridized carbons (Fsp3) is 0.407. The monoisotopic (exact) mass is 469 g/mol. The Bertz CT molecular complexity index is 1510. The molecule has 0 N–H and O–H groups in total. The summed E-state index contributed by atoms with van der Waals surface area (Å²) in [5, 5.41) is 16.1. The first kappa shape index (κ1) is 23.1. The van der Waals surface area contributed by atoms with Gasteiger partial charge in [0.1, 0.15) is 12.1 Å². The van der Waals surface area contributed by atoms with Crippen LogP contribution in [0, 0.1) is 18.3 Å². The van der Waals surface area contributed by atoms with Crippen molar-refractivity contribution < 1.29 is 0 Å². The van der Waals surface area contributed by atoms with E-state index in [0.717, 1.165) is 40.9 Å². The third-order valence-corrected chi connectivity index (χ3v) is 7.38. The predicted octanol–water partition coefficient (Wildman–Crippen LogP) is 3.78. The van der Waals surface area contributed by atoms with Crippen LogP contribution in [0.3, 0.4) is 0 Å². The fourth-order valence-electron chi connectivity index (χ4n) is 5.36. The average Bonchev–Trinajstić information content (AvgIpc) is 3.26. The van der Waals surface area contributed by atoms with Crippen LogP contribution in [-0.4, -0.2) is 49.4 Å². The fourth-order valence-corrected chi connectivity index (χ4v) is 5.36. The maximum atomic E-state index is 12.8. The summed E-state index contributed by atoms with van der Waals surface area (Å²) < 4.78 is 3.21. The number of rotatable bonds is 4. The molecule has 0 aliphatic carbocycles. The van der Waals surface area contributed by atoms with Gasteiger partial charge >= 0.3 is 0 Å². The number of nitriles is 1. The molecule has 1 aliphatic heterocycles. The van der Waals surface area contributed by atoms with Crippen molar-refractivity contribution in [1.82, 2.24) is 24.2 Å². The van der Waals surface area contributed by atoms with Crippen LogP contribution in [0.1, 0.15) is 38.1 Å². The Labute approximate surface area is 205 Å². The van der Waals surface area contributed by atoms with Crippen molar-refractivity contribution in [2.24, 2.45) is 7.05 Å². The second kappa shape index (κ2) is 8.82. The third-order valence-electron chi connectivity index (χ3n) is 7.38. The summed E-state index contributed by atoms with van der Waals surface area (Å²) in [5.74, 6) is 0. The van der Waals surface area contributed by atoms with Crippen LogP contribution in [-0.2, 0) is 13.6 Å². The maximum absolute atomic E-state index is 12.8. The van der Waals surface area contributed by atoms with Gasteiger partial charge in [-0.15, -0.1) is 0 Å². The summed E-state index contributed by atoms with van der Waals surface area (Å²) in [5.41, 5.74) is 4.61. The van der Waals surface area contributed by atoms with E-state index in [0.29, 0.717) is 0 Å². The lowest BCUT2D eigenvalue weighted by Crippen LogP contribution is -2.57. The Morgan fingerprint density at radius 1 is 1.14 bits per heavy atom. The number of aryl methyl sites for hydroxylation is 2. The number of hydrogen-bond acceptors (Lipinski definition) is 6. The topological polar surface area (TPSA) is 83.0 Å². The van der Waals surface area contributed by atoms with Crippen LogP contribution in [0.15, 0.2) is 47.5 Å². The normalized spacial score (nSPS) is 19.8. The lowest BCUT2D eigenvalue weighted by Gasteiger charge is -2.47. The van der Waals surface area contributed by atoms with Gasteiger partial charge in [-0.2, -0.15) is 10.4 Å². The van der Waals surface area contributed by atoms with Crippen molar-refractivity contribution in [1.29, 1.82) is 5.26 Å². The van der Waals surface area contributed by atoms with Crippen molar-refractivity contribution in [2.75, 3.05) is 18.0 Å². The van der Waals surface area contributed by atoms with E-state index in [4.69, 9.17) is 5.26 Å². The zero-order valence-electron chi connectivity index (χ0n) is 20.9. The molecule has 35 heavy (non-hydrogen) atoms. The predicted molar refractivity (Wildman–Crippen MR) is 138 cm³/mol. The summed E-state index contributed by atoms with van der Waals surface area (Å²) >= 11 is 0. The maximum Gasteiger partial charge on any atom is 0.252 e. The van der Waals surface area contributed by atoms with Gasteiger partial charge in [-0.1, -0.05) is 12.1 Å². The van der Waals surface area contributed by atoms with Crippen molar-refractivity contribution in [3.63, 3.8) is 0 Å². The summed E-state index contributed by atoms with van der Waals surface area (Å²) in [6.45, 7) is 10.6. The first-order valence-corrected chi connectivity index (χ1v) is 12.1. The van der Waals surface area contributed by atoms with E-state index >= 15 is 0 Å². The molecule has 1 aliphatic rings. The van der Waals surface area contributed by atoms with Gasteiger partial charge in [0.15, 0.2) is 0 Å². The third kappa shape index (κ3) is 4.06. The summed E-state index contributed by atoms with van der Waals surface area (Å²) in [4.78, 5) is 22.0. The molecule has 8 heteroatoms. The lowest BCUT2D eigenvalue weighted by atomic mass is 9.98. The quantitative estimate of drug-likeness (QED) is 0.452. The van der Waals surface area contributed by atoms with Gasteiger partial charge in [-0.25, -0.2) is 0 Å². The SMILES string of the molecule is Cc1cc2cc(C(C)N3C[C@H](C)N(c4cc(=O)n(C)c5cn(CC#N)nc45)C[C@H]3C)ccc2cn1. The second-order valence-corrected chi connectivity index (χ2v) is 9.80. The molecule has 1 fully saturated rings. The molecule has 3 aromatic heterocycles. The van der Waals surface area contributed by atoms with E-state index in [2.05, 4.69) is 71.0 Å². The zero-order chi connectivity index (χ0) is 24.9. The molecule has 180 valence electrons. The molecule has 1 aromatic carbocycles. The number of aromatic nitrogens is 4. The van der Waals surface area contributed by atoms with Gasteiger partial charge in [-0.3, -0.25) is 19.4 Å². The van der Waals surface area contributed by atoms with Gasteiger partial charge in [0.05, 0.1) is 23.5 Å². The zero-order valence-corrected chi connectivity index (χ0v) is 20.9. The molecule has 0 amide bonds. The number of hydrogen-bond donors (Lipinski definition) is 0. The Morgan fingerprint density at radius 2 is 1.94 bits per heavy atom.